The highest BCUT2D eigenvalue weighted by Crippen LogP contribution is 2.22. The molecule has 0 saturated heterocycles. The van der Waals surface area contributed by atoms with Gasteiger partial charge >= 0.3 is 0 Å². The molecule has 0 spiro atoms. The highest BCUT2D eigenvalue weighted by Gasteiger charge is 2.02. The van der Waals surface area contributed by atoms with Gasteiger partial charge in [-0.25, -0.2) is 0 Å². The third-order valence-electron chi connectivity index (χ3n) is 3.22. The van der Waals surface area contributed by atoms with E-state index in [1.807, 2.05) is 18.2 Å². The van der Waals surface area contributed by atoms with Gasteiger partial charge < -0.3 is 10.5 Å². The van der Waals surface area contributed by atoms with Gasteiger partial charge in [0.25, 0.3) is 0 Å². The van der Waals surface area contributed by atoms with E-state index in [-0.39, 0.29) is 0 Å². The second kappa shape index (κ2) is 6.28. The summed E-state index contributed by atoms with van der Waals surface area (Å²) in [6, 6.07) is 14.3. The summed E-state index contributed by atoms with van der Waals surface area (Å²) in [6.45, 7) is 4.90. The van der Waals surface area contributed by atoms with E-state index in [2.05, 4.69) is 38.1 Å². The number of para-hydroxylation sites is 1. The van der Waals surface area contributed by atoms with Crippen LogP contribution >= 0.6 is 0 Å². The summed E-state index contributed by atoms with van der Waals surface area (Å²) in [5.41, 5.74) is 10.3. The van der Waals surface area contributed by atoms with E-state index >= 15 is 0 Å². The molecule has 2 nitrogen and oxygen atoms in total. The highest BCUT2D eigenvalue weighted by molar-refractivity contribution is 5.41. The Morgan fingerprint density at radius 1 is 1.00 bits per heavy atom. The van der Waals surface area contributed by atoms with Gasteiger partial charge in [-0.1, -0.05) is 30.3 Å². The zero-order valence-corrected chi connectivity index (χ0v) is 11.6. The van der Waals surface area contributed by atoms with Crippen molar-refractivity contribution in [3.05, 3.63) is 59.2 Å². The van der Waals surface area contributed by atoms with E-state index in [1.54, 1.807) is 0 Å². The van der Waals surface area contributed by atoms with Gasteiger partial charge in [-0.05, 0) is 55.5 Å². The van der Waals surface area contributed by atoms with Crippen LogP contribution in [0.4, 0.5) is 5.69 Å². The van der Waals surface area contributed by atoms with Crippen LogP contribution in [-0.2, 0) is 6.42 Å². The molecule has 2 heteroatoms. The van der Waals surface area contributed by atoms with E-state index < -0.39 is 0 Å². The summed E-state index contributed by atoms with van der Waals surface area (Å²) in [4.78, 5) is 0. The molecule has 0 aliphatic rings. The number of ether oxygens (including phenoxy) is 1. The molecule has 0 amide bonds. The van der Waals surface area contributed by atoms with Crippen molar-refractivity contribution in [3.8, 4) is 5.75 Å². The number of benzene rings is 2. The molecule has 19 heavy (non-hydrogen) atoms. The Morgan fingerprint density at radius 2 is 1.68 bits per heavy atom. The maximum atomic E-state index is 5.89. The van der Waals surface area contributed by atoms with Crippen LogP contribution in [0.15, 0.2) is 42.5 Å². The number of aryl methyl sites for hydroxylation is 3. The van der Waals surface area contributed by atoms with Crippen molar-refractivity contribution in [1.29, 1.82) is 0 Å². The molecule has 0 aromatic heterocycles. The molecular formula is C17H21NO. The van der Waals surface area contributed by atoms with Crippen molar-refractivity contribution in [3.63, 3.8) is 0 Å². The van der Waals surface area contributed by atoms with Gasteiger partial charge in [0, 0.05) is 5.69 Å². The fourth-order valence-corrected chi connectivity index (χ4v) is 2.23. The van der Waals surface area contributed by atoms with Gasteiger partial charge in [-0.15, -0.1) is 0 Å². The predicted molar refractivity (Wildman–Crippen MR) is 80.6 cm³/mol. The molecule has 0 atom stereocenters. The van der Waals surface area contributed by atoms with Gasteiger partial charge in [-0.3, -0.25) is 0 Å². The van der Waals surface area contributed by atoms with E-state index in [4.69, 9.17) is 10.5 Å². The lowest BCUT2D eigenvalue weighted by molar-refractivity contribution is 0.307. The number of nitrogen functional groups attached to an aromatic ring is 1. The average molecular weight is 255 g/mol. The molecule has 0 heterocycles. The second-order valence-corrected chi connectivity index (χ2v) is 4.92. The number of anilines is 1. The molecule has 0 aliphatic carbocycles. The normalized spacial score (nSPS) is 10.4. The van der Waals surface area contributed by atoms with Crippen molar-refractivity contribution >= 4 is 5.69 Å². The van der Waals surface area contributed by atoms with Crippen LogP contribution in [0, 0.1) is 13.8 Å². The van der Waals surface area contributed by atoms with Crippen molar-refractivity contribution in [2.24, 2.45) is 0 Å². The Labute approximate surface area is 115 Å². The number of nitrogens with two attached hydrogens (primary N) is 1. The highest BCUT2D eigenvalue weighted by atomic mass is 16.5. The van der Waals surface area contributed by atoms with Gasteiger partial charge in [0.2, 0.25) is 0 Å². The van der Waals surface area contributed by atoms with Crippen LogP contribution in [0.2, 0.25) is 0 Å². The van der Waals surface area contributed by atoms with E-state index in [1.165, 1.54) is 16.7 Å². The molecule has 2 rings (SSSR count). The topological polar surface area (TPSA) is 35.2 Å². The van der Waals surface area contributed by atoms with Crippen LogP contribution < -0.4 is 10.5 Å². The number of hydrogen-bond acceptors (Lipinski definition) is 2. The molecule has 0 radical (unpaired) electrons. The minimum Gasteiger partial charge on any atom is -0.493 e. The predicted octanol–water partition coefficient (Wildman–Crippen LogP) is 3.90. The van der Waals surface area contributed by atoms with Crippen LogP contribution in [0.3, 0.4) is 0 Å². The molecule has 0 saturated carbocycles. The van der Waals surface area contributed by atoms with Gasteiger partial charge in [0.1, 0.15) is 5.75 Å². The quantitative estimate of drug-likeness (QED) is 0.649. The zero-order chi connectivity index (χ0) is 13.7. The van der Waals surface area contributed by atoms with Crippen LogP contribution in [0.5, 0.6) is 5.75 Å². The van der Waals surface area contributed by atoms with Gasteiger partial charge in [0.15, 0.2) is 0 Å². The molecule has 0 aliphatic heterocycles. The fraction of sp³-hybridized carbons (Fsp3) is 0.294. The van der Waals surface area contributed by atoms with Crippen molar-refractivity contribution < 1.29 is 4.74 Å². The maximum absolute atomic E-state index is 5.89. The first kappa shape index (κ1) is 13.5. The monoisotopic (exact) mass is 255 g/mol. The van der Waals surface area contributed by atoms with Crippen molar-refractivity contribution in [2.45, 2.75) is 26.7 Å². The molecule has 0 unspecified atom stereocenters. The second-order valence-electron chi connectivity index (χ2n) is 4.92. The molecular weight excluding hydrogens is 234 g/mol. The van der Waals surface area contributed by atoms with Crippen molar-refractivity contribution in [2.75, 3.05) is 12.3 Å². The minimum atomic E-state index is 0.737. The first-order valence-electron chi connectivity index (χ1n) is 6.70. The Hall–Kier alpha value is -1.96. The summed E-state index contributed by atoms with van der Waals surface area (Å²) in [5, 5.41) is 0. The fourth-order valence-electron chi connectivity index (χ4n) is 2.23. The van der Waals surface area contributed by atoms with E-state index in [9.17, 15) is 0 Å². The minimum absolute atomic E-state index is 0.737. The third kappa shape index (κ3) is 3.75. The molecule has 100 valence electrons. The first-order valence-corrected chi connectivity index (χ1v) is 6.70. The Balaban J connectivity index is 1.84. The zero-order valence-electron chi connectivity index (χ0n) is 11.6. The Morgan fingerprint density at radius 3 is 2.37 bits per heavy atom. The summed E-state index contributed by atoms with van der Waals surface area (Å²) in [6.07, 6.45) is 1.99. The molecule has 2 N–H and O–H groups in total. The van der Waals surface area contributed by atoms with Gasteiger partial charge in [0.05, 0.1) is 6.61 Å². The lowest BCUT2D eigenvalue weighted by Crippen LogP contribution is -2.02. The van der Waals surface area contributed by atoms with E-state index in [0.29, 0.717) is 0 Å². The van der Waals surface area contributed by atoms with Crippen LogP contribution in [-0.4, -0.2) is 6.61 Å². The lowest BCUT2D eigenvalue weighted by atomic mass is 10.1. The molecule has 2 aromatic rings. The first-order chi connectivity index (χ1) is 9.16. The molecule has 0 bridgehead atoms. The van der Waals surface area contributed by atoms with Crippen LogP contribution in [0.1, 0.15) is 23.1 Å². The lowest BCUT2D eigenvalue weighted by Gasteiger charge is -2.11. The molecule has 2 aromatic carbocycles. The average Bonchev–Trinajstić information content (AvgIpc) is 2.37. The summed E-state index contributed by atoms with van der Waals surface area (Å²) < 4.78 is 5.89. The maximum Gasteiger partial charge on any atom is 0.125 e. The number of hydrogen-bond donors (Lipinski definition) is 1. The summed E-state index contributed by atoms with van der Waals surface area (Å²) >= 11 is 0. The van der Waals surface area contributed by atoms with E-state index in [0.717, 1.165) is 30.9 Å². The number of rotatable bonds is 5. The van der Waals surface area contributed by atoms with Gasteiger partial charge in [-0.2, -0.15) is 0 Å². The SMILES string of the molecule is Cc1cccc(C)c1OCCCc1cccc(N)c1. The van der Waals surface area contributed by atoms with Crippen LogP contribution in [0.25, 0.3) is 0 Å². The third-order valence-corrected chi connectivity index (χ3v) is 3.22. The summed E-state index contributed by atoms with van der Waals surface area (Å²) in [5.74, 6) is 1.02. The van der Waals surface area contributed by atoms with Crippen molar-refractivity contribution in [1.82, 2.24) is 0 Å². The smallest absolute Gasteiger partial charge is 0.125 e. The Bertz CT molecular complexity index is 528. The molecule has 0 fully saturated rings. The largest absolute Gasteiger partial charge is 0.493 e. The summed E-state index contributed by atoms with van der Waals surface area (Å²) in [7, 11) is 0. The standard InChI is InChI=1S/C17H21NO/c1-13-6-3-7-14(2)17(13)19-11-5-9-15-8-4-10-16(18)12-15/h3-4,6-8,10,12H,5,9,11,18H2,1-2H3. The Kier molecular flexibility index (Phi) is 4.45.